The zero-order valence-electron chi connectivity index (χ0n) is 14.3. The Morgan fingerprint density at radius 3 is 1.57 bits per heavy atom. The molecule has 0 atom stereocenters. The highest BCUT2D eigenvalue weighted by atomic mass is 14.3. The van der Waals surface area contributed by atoms with Crippen molar-refractivity contribution in [2.24, 2.45) is 23.7 Å². The number of hydrogen-bond acceptors (Lipinski definition) is 0. The molecule has 0 radical (unpaired) electrons. The zero-order chi connectivity index (χ0) is 14.5. The summed E-state index contributed by atoms with van der Waals surface area (Å²) < 4.78 is 0. The van der Waals surface area contributed by atoms with Gasteiger partial charge < -0.3 is 0 Å². The Morgan fingerprint density at radius 1 is 0.619 bits per heavy atom. The maximum Gasteiger partial charge on any atom is -0.0200 e. The number of hydrogen-bond donors (Lipinski definition) is 0. The van der Waals surface area contributed by atoms with Crippen molar-refractivity contribution in [2.45, 2.75) is 96.8 Å². The lowest BCUT2D eigenvalue weighted by atomic mass is 9.71. The van der Waals surface area contributed by atoms with Gasteiger partial charge in [0, 0.05) is 0 Å². The van der Waals surface area contributed by atoms with Crippen LogP contribution in [0.15, 0.2) is 11.6 Å². The van der Waals surface area contributed by atoms with Crippen molar-refractivity contribution in [1.82, 2.24) is 0 Å². The van der Waals surface area contributed by atoms with Gasteiger partial charge in [0.15, 0.2) is 0 Å². The van der Waals surface area contributed by atoms with Gasteiger partial charge in [0.05, 0.1) is 0 Å². The van der Waals surface area contributed by atoms with Crippen molar-refractivity contribution in [1.29, 1.82) is 0 Å². The topological polar surface area (TPSA) is 0 Å². The predicted octanol–water partition coefficient (Wildman–Crippen LogP) is 6.90. The van der Waals surface area contributed by atoms with Gasteiger partial charge in [0.25, 0.3) is 0 Å². The maximum absolute atomic E-state index is 2.83. The first-order valence-corrected chi connectivity index (χ1v) is 10.0. The summed E-state index contributed by atoms with van der Waals surface area (Å²) in [5.41, 5.74) is 1.95. The molecule has 0 unspecified atom stereocenters. The van der Waals surface area contributed by atoms with Crippen LogP contribution in [0.3, 0.4) is 0 Å². The molecule has 3 saturated carbocycles. The summed E-state index contributed by atoms with van der Waals surface area (Å²) in [5, 5.41) is 0. The fourth-order valence-corrected chi connectivity index (χ4v) is 5.20. The largest absolute Gasteiger partial charge is 0.0817 e. The fraction of sp³-hybridized carbons (Fsp3) is 0.905. The Morgan fingerprint density at radius 2 is 1.10 bits per heavy atom. The van der Waals surface area contributed by atoms with Gasteiger partial charge in [0.1, 0.15) is 0 Å². The molecule has 0 spiro atoms. The molecule has 0 aromatic heterocycles. The van der Waals surface area contributed by atoms with Gasteiger partial charge in [0.2, 0.25) is 0 Å². The Balaban J connectivity index is 1.70. The maximum atomic E-state index is 2.83. The second kappa shape index (κ2) is 7.84. The smallest absolute Gasteiger partial charge is 0.0200 e. The predicted molar refractivity (Wildman–Crippen MR) is 92.4 cm³/mol. The van der Waals surface area contributed by atoms with Crippen molar-refractivity contribution in [3.05, 3.63) is 11.6 Å². The highest BCUT2D eigenvalue weighted by molar-refractivity contribution is 5.14. The van der Waals surface area contributed by atoms with Crippen molar-refractivity contribution in [3.8, 4) is 0 Å². The van der Waals surface area contributed by atoms with Gasteiger partial charge in [-0.05, 0) is 62.2 Å². The summed E-state index contributed by atoms with van der Waals surface area (Å²) in [7, 11) is 0. The van der Waals surface area contributed by atoms with E-state index in [9.17, 15) is 0 Å². The minimum atomic E-state index is 0.931. The van der Waals surface area contributed by atoms with Crippen molar-refractivity contribution < 1.29 is 0 Å². The summed E-state index contributed by atoms with van der Waals surface area (Å²) >= 11 is 0. The standard InChI is InChI=1S/C21H36/c1-17-12-14-18(15-13-17)16-21(19-8-4-2-5-9-19)20-10-6-3-7-11-20/h16-20H,2-15H2,1H3. The molecule has 3 rings (SSSR count). The van der Waals surface area contributed by atoms with Crippen LogP contribution >= 0.6 is 0 Å². The third-order valence-corrected chi connectivity index (χ3v) is 6.64. The van der Waals surface area contributed by atoms with E-state index < -0.39 is 0 Å². The second-order valence-corrected chi connectivity index (χ2v) is 8.36. The van der Waals surface area contributed by atoms with E-state index in [0.29, 0.717) is 0 Å². The Labute approximate surface area is 132 Å². The molecule has 0 saturated heterocycles. The summed E-state index contributed by atoms with van der Waals surface area (Å²) in [6.45, 7) is 2.45. The van der Waals surface area contributed by atoms with Crippen molar-refractivity contribution >= 4 is 0 Å². The first-order chi connectivity index (χ1) is 10.3. The molecule has 0 nitrogen and oxygen atoms in total. The number of allylic oxidation sites excluding steroid dienone is 2. The van der Waals surface area contributed by atoms with Gasteiger partial charge in [-0.25, -0.2) is 0 Å². The van der Waals surface area contributed by atoms with Crippen molar-refractivity contribution in [2.75, 3.05) is 0 Å². The van der Waals surface area contributed by atoms with Gasteiger partial charge in [-0.1, -0.05) is 69.9 Å². The second-order valence-electron chi connectivity index (χ2n) is 8.36. The summed E-state index contributed by atoms with van der Waals surface area (Å²) in [6.07, 6.45) is 23.7. The third-order valence-electron chi connectivity index (χ3n) is 6.64. The van der Waals surface area contributed by atoms with Gasteiger partial charge in [-0.15, -0.1) is 0 Å². The molecule has 0 aromatic rings. The highest BCUT2D eigenvalue weighted by Crippen LogP contribution is 2.41. The minimum absolute atomic E-state index is 0.931. The molecular formula is C21H36. The quantitative estimate of drug-likeness (QED) is 0.495. The first kappa shape index (κ1) is 15.6. The average Bonchev–Trinajstić information content (AvgIpc) is 2.56. The molecule has 0 heterocycles. The third kappa shape index (κ3) is 4.36. The van der Waals surface area contributed by atoms with E-state index in [1.54, 1.807) is 0 Å². The van der Waals surface area contributed by atoms with Crippen LogP contribution in [0.25, 0.3) is 0 Å². The van der Waals surface area contributed by atoms with E-state index in [-0.39, 0.29) is 0 Å². The summed E-state index contributed by atoms with van der Waals surface area (Å²) in [4.78, 5) is 0. The van der Waals surface area contributed by atoms with E-state index in [2.05, 4.69) is 13.0 Å². The summed E-state index contributed by atoms with van der Waals surface area (Å²) in [5.74, 6) is 3.87. The van der Waals surface area contributed by atoms with Crippen LogP contribution < -0.4 is 0 Å². The van der Waals surface area contributed by atoms with Crippen LogP contribution in [0.5, 0.6) is 0 Å². The Bertz CT molecular complexity index is 300. The lowest BCUT2D eigenvalue weighted by Crippen LogP contribution is -2.21. The van der Waals surface area contributed by atoms with Gasteiger partial charge in [-0.3, -0.25) is 0 Å². The molecule has 3 aliphatic rings. The van der Waals surface area contributed by atoms with E-state index in [1.807, 2.05) is 5.57 Å². The molecule has 21 heavy (non-hydrogen) atoms. The molecule has 120 valence electrons. The van der Waals surface area contributed by atoms with Crippen LogP contribution in [0.1, 0.15) is 96.8 Å². The molecule has 0 heteroatoms. The molecule has 0 aliphatic heterocycles. The lowest BCUT2D eigenvalue weighted by molar-refractivity contribution is 0.304. The highest BCUT2D eigenvalue weighted by Gasteiger charge is 2.27. The molecule has 3 fully saturated rings. The fourth-order valence-electron chi connectivity index (χ4n) is 5.20. The molecule has 0 amide bonds. The average molecular weight is 289 g/mol. The van der Waals surface area contributed by atoms with Crippen molar-refractivity contribution in [3.63, 3.8) is 0 Å². The van der Waals surface area contributed by atoms with Crippen LogP contribution in [-0.4, -0.2) is 0 Å². The van der Waals surface area contributed by atoms with Crippen LogP contribution in [0, 0.1) is 23.7 Å². The molecule has 0 bridgehead atoms. The monoisotopic (exact) mass is 288 g/mol. The van der Waals surface area contributed by atoms with Gasteiger partial charge in [-0.2, -0.15) is 0 Å². The normalized spacial score (nSPS) is 32.8. The van der Waals surface area contributed by atoms with E-state index in [0.717, 1.165) is 23.7 Å². The van der Waals surface area contributed by atoms with E-state index in [1.165, 1.54) is 89.9 Å². The Hall–Kier alpha value is -0.260. The SMILES string of the molecule is CC1CCC(C=C(C2CCCCC2)C2CCCCC2)CC1. The minimum Gasteiger partial charge on any atom is -0.0817 e. The first-order valence-electron chi connectivity index (χ1n) is 10.0. The van der Waals surface area contributed by atoms with Crippen LogP contribution in [0.2, 0.25) is 0 Å². The van der Waals surface area contributed by atoms with Crippen LogP contribution in [0.4, 0.5) is 0 Å². The van der Waals surface area contributed by atoms with E-state index in [4.69, 9.17) is 0 Å². The van der Waals surface area contributed by atoms with Gasteiger partial charge >= 0.3 is 0 Å². The molecule has 3 aliphatic carbocycles. The van der Waals surface area contributed by atoms with E-state index >= 15 is 0 Å². The molecular weight excluding hydrogens is 252 g/mol. The van der Waals surface area contributed by atoms with Crippen LogP contribution in [-0.2, 0) is 0 Å². The Kier molecular flexibility index (Phi) is 5.83. The number of rotatable bonds is 3. The molecule has 0 aromatic carbocycles. The lowest BCUT2D eigenvalue weighted by Gasteiger charge is -2.34. The zero-order valence-corrected chi connectivity index (χ0v) is 14.3. The summed E-state index contributed by atoms with van der Waals surface area (Å²) in [6, 6.07) is 0. The molecule has 0 N–H and O–H groups in total.